The zero-order valence-corrected chi connectivity index (χ0v) is 19.8. The van der Waals surface area contributed by atoms with Crippen molar-refractivity contribution in [2.75, 3.05) is 5.32 Å². The highest BCUT2D eigenvalue weighted by Gasteiger charge is 2.14. The van der Waals surface area contributed by atoms with E-state index in [1.165, 1.54) is 0 Å². The van der Waals surface area contributed by atoms with Crippen molar-refractivity contribution in [2.24, 2.45) is 0 Å². The van der Waals surface area contributed by atoms with Crippen LogP contribution in [0.4, 0.5) is 5.69 Å². The van der Waals surface area contributed by atoms with Gasteiger partial charge in [-0.2, -0.15) is 5.10 Å². The molecule has 0 aliphatic carbocycles. The molecule has 1 amide bonds. The number of hydrogen-bond acceptors (Lipinski definition) is 6. The predicted molar refractivity (Wildman–Crippen MR) is 128 cm³/mol. The Morgan fingerprint density at radius 1 is 1.19 bits per heavy atom. The highest BCUT2D eigenvalue weighted by atomic mass is 32.2. The third kappa shape index (κ3) is 5.12. The number of aromatic nitrogens is 4. The number of thiazole rings is 1. The molecule has 0 unspecified atom stereocenters. The van der Waals surface area contributed by atoms with Crippen molar-refractivity contribution in [3.8, 4) is 11.4 Å². The van der Waals surface area contributed by atoms with E-state index in [2.05, 4.69) is 26.6 Å². The molecule has 0 bridgehead atoms. The van der Waals surface area contributed by atoms with E-state index in [4.69, 9.17) is 12.2 Å². The van der Waals surface area contributed by atoms with E-state index in [0.29, 0.717) is 10.6 Å². The maximum Gasteiger partial charge on any atom is 0.244 e. The van der Waals surface area contributed by atoms with Gasteiger partial charge in [-0.1, -0.05) is 41.6 Å². The third-order valence-corrected chi connectivity index (χ3v) is 7.00. The molecule has 158 valence electrons. The lowest BCUT2D eigenvalue weighted by Crippen LogP contribution is -2.20. The van der Waals surface area contributed by atoms with E-state index >= 15 is 0 Å². The molecule has 2 heterocycles. The van der Waals surface area contributed by atoms with Gasteiger partial charge in [0, 0.05) is 27.2 Å². The van der Waals surface area contributed by atoms with Gasteiger partial charge in [0.05, 0.1) is 0 Å². The Morgan fingerprint density at radius 2 is 1.97 bits per heavy atom. The number of amides is 1. The maximum absolute atomic E-state index is 12.8. The Bertz CT molecular complexity index is 1290. The highest BCUT2D eigenvalue weighted by Crippen LogP contribution is 2.32. The molecule has 4 rings (SSSR count). The van der Waals surface area contributed by atoms with Gasteiger partial charge in [0.1, 0.15) is 6.54 Å². The highest BCUT2D eigenvalue weighted by molar-refractivity contribution is 8.01. The molecular weight excluding hydrogens is 446 g/mol. The molecule has 2 N–H and O–H groups in total. The number of benzene rings is 2. The van der Waals surface area contributed by atoms with Crippen molar-refractivity contribution in [1.82, 2.24) is 19.7 Å². The van der Waals surface area contributed by atoms with Gasteiger partial charge in [0.2, 0.25) is 5.91 Å². The van der Waals surface area contributed by atoms with Crippen LogP contribution >= 0.6 is 35.3 Å². The lowest BCUT2D eigenvalue weighted by atomic mass is 10.1. The first-order valence-electron chi connectivity index (χ1n) is 9.62. The minimum absolute atomic E-state index is 0.0763. The Kier molecular flexibility index (Phi) is 6.35. The van der Waals surface area contributed by atoms with Crippen LogP contribution in [0.15, 0.2) is 57.1 Å². The van der Waals surface area contributed by atoms with E-state index in [9.17, 15) is 4.79 Å². The molecule has 9 heteroatoms. The fourth-order valence-electron chi connectivity index (χ4n) is 3.04. The summed E-state index contributed by atoms with van der Waals surface area (Å²) < 4.78 is 3.12. The molecule has 0 aliphatic heterocycles. The monoisotopic (exact) mass is 467 g/mol. The van der Waals surface area contributed by atoms with Crippen LogP contribution in [0.3, 0.4) is 0 Å². The van der Waals surface area contributed by atoms with E-state index < -0.39 is 0 Å². The molecule has 2 aromatic carbocycles. The average Bonchev–Trinajstić information content (AvgIpc) is 3.30. The smallest absolute Gasteiger partial charge is 0.244 e. The number of H-pyrrole nitrogens is 1. The quantitative estimate of drug-likeness (QED) is 0.352. The van der Waals surface area contributed by atoms with Crippen LogP contribution in [0, 0.1) is 25.5 Å². The Morgan fingerprint density at radius 3 is 2.65 bits per heavy atom. The van der Waals surface area contributed by atoms with Crippen molar-refractivity contribution in [2.45, 2.75) is 36.6 Å². The second-order valence-corrected chi connectivity index (χ2v) is 9.75. The largest absolute Gasteiger partial charge is 0.324 e. The van der Waals surface area contributed by atoms with Crippen LogP contribution in [0.2, 0.25) is 0 Å². The SMILES string of the molecule is Cc1ccc(-c2n[nH]c(=S)n2CC(=O)Nc2ccc(Sc3nc(C)cs3)cc2C)cc1. The summed E-state index contributed by atoms with van der Waals surface area (Å²) >= 11 is 8.60. The molecule has 0 aliphatic rings. The van der Waals surface area contributed by atoms with Crippen molar-refractivity contribution in [1.29, 1.82) is 0 Å². The van der Waals surface area contributed by atoms with Crippen molar-refractivity contribution >= 4 is 46.9 Å². The first kappa shape index (κ1) is 21.5. The normalized spacial score (nSPS) is 10.9. The Balaban J connectivity index is 1.47. The molecule has 0 fully saturated rings. The molecule has 6 nitrogen and oxygen atoms in total. The van der Waals surface area contributed by atoms with E-state index in [1.54, 1.807) is 27.7 Å². The van der Waals surface area contributed by atoms with E-state index in [0.717, 1.165) is 37.3 Å². The second kappa shape index (κ2) is 9.17. The van der Waals surface area contributed by atoms with Crippen LogP contribution in [0.25, 0.3) is 11.4 Å². The molecule has 0 saturated heterocycles. The lowest BCUT2D eigenvalue weighted by Gasteiger charge is -2.11. The molecule has 0 spiro atoms. The lowest BCUT2D eigenvalue weighted by molar-refractivity contribution is -0.116. The van der Waals surface area contributed by atoms with Crippen molar-refractivity contribution < 1.29 is 4.79 Å². The number of aromatic amines is 1. The molecular formula is C22H21N5OS3. The maximum atomic E-state index is 12.8. The van der Waals surface area contributed by atoms with Crippen LogP contribution in [0.5, 0.6) is 0 Å². The van der Waals surface area contributed by atoms with Crippen LogP contribution in [-0.4, -0.2) is 25.7 Å². The minimum Gasteiger partial charge on any atom is -0.324 e. The molecule has 0 radical (unpaired) electrons. The summed E-state index contributed by atoms with van der Waals surface area (Å²) in [4.78, 5) is 18.3. The Labute approximate surface area is 193 Å². The molecule has 2 aromatic heterocycles. The molecule has 0 atom stereocenters. The summed E-state index contributed by atoms with van der Waals surface area (Å²) in [7, 11) is 0. The Hall–Kier alpha value is -2.75. The van der Waals surface area contributed by atoms with E-state index in [1.807, 2.05) is 62.5 Å². The van der Waals surface area contributed by atoms with Gasteiger partial charge in [-0.25, -0.2) is 4.98 Å². The fourth-order valence-corrected chi connectivity index (χ4v) is 5.15. The number of rotatable bonds is 6. The summed E-state index contributed by atoms with van der Waals surface area (Å²) in [6, 6.07) is 13.9. The minimum atomic E-state index is -0.162. The summed E-state index contributed by atoms with van der Waals surface area (Å²) in [6.45, 7) is 6.07. The zero-order valence-electron chi connectivity index (χ0n) is 17.3. The number of carbonyl (C=O) groups is 1. The zero-order chi connectivity index (χ0) is 22.0. The summed E-state index contributed by atoms with van der Waals surface area (Å²) in [5, 5.41) is 12.1. The standard InChI is InChI=1S/C22H21N5OS3/c1-13-4-6-16(7-5-13)20-25-26-21(29)27(20)11-19(28)24-18-9-8-17(10-14(18)2)31-22-23-15(3)12-30-22/h4-10,12H,11H2,1-3H3,(H,24,28)(H,26,29). The van der Waals surface area contributed by atoms with Crippen LogP contribution in [-0.2, 0) is 11.3 Å². The van der Waals surface area contributed by atoms with Crippen LogP contribution in [0.1, 0.15) is 16.8 Å². The van der Waals surface area contributed by atoms with E-state index in [-0.39, 0.29) is 12.5 Å². The number of hydrogen-bond donors (Lipinski definition) is 2. The number of nitrogens with one attached hydrogen (secondary N) is 2. The number of carbonyl (C=O) groups excluding carboxylic acids is 1. The first-order chi connectivity index (χ1) is 14.9. The molecule has 31 heavy (non-hydrogen) atoms. The van der Waals surface area contributed by atoms with Crippen molar-refractivity contribution in [3.05, 3.63) is 69.4 Å². The second-order valence-electron chi connectivity index (χ2n) is 7.19. The fraction of sp³-hybridized carbons (Fsp3) is 0.182. The van der Waals surface area contributed by atoms with Crippen molar-refractivity contribution in [3.63, 3.8) is 0 Å². The van der Waals surface area contributed by atoms with Crippen LogP contribution < -0.4 is 5.32 Å². The van der Waals surface area contributed by atoms with Gasteiger partial charge < -0.3 is 5.32 Å². The third-order valence-electron chi connectivity index (χ3n) is 4.64. The van der Waals surface area contributed by atoms with Gasteiger partial charge >= 0.3 is 0 Å². The van der Waals surface area contributed by atoms with Gasteiger partial charge in [0.25, 0.3) is 0 Å². The summed E-state index contributed by atoms with van der Waals surface area (Å²) in [5.41, 5.74) is 4.85. The predicted octanol–water partition coefficient (Wildman–Crippen LogP) is 5.78. The molecule has 0 saturated carbocycles. The topological polar surface area (TPSA) is 75.6 Å². The summed E-state index contributed by atoms with van der Waals surface area (Å²) in [6.07, 6.45) is 0. The molecule has 4 aromatic rings. The van der Waals surface area contributed by atoms with Gasteiger partial charge in [-0.3, -0.25) is 14.5 Å². The number of anilines is 1. The van der Waals surface area contributed by atoms with Gasteiger partial charge in [-0.15, -0.1) is 11.3 Å². The van der Waals surface area contributed by atoms with Gasteiger partial charge in [-0.05, 0) is 56.8 Å². The number of nitrogens with zero attached hydrogens (tertiary/aromatic N) is 3. The average molecular weight is 468 g/mol. The summed E-state index contributed by atoms with van der Waals surface area (Å²) in [5.74, 6) is 0.479. The number of aryl methyl sites for hydroxylation is 3. The first-order valence-corrected chi connectivity index (χ1v) is 11.7. The van der Waals surface area contributed by atoms with Gasteiger partial charge in [0.15, 0.2) is 14.9 Å².